The van der Waals surface area contributed by atoms with Gasteiger partial charge in [0.1, 0.15) is 6.61 Å². The molecule has 0 saturated carbocycles. The Morgan fingerprint density at radius 3 is 1.14 bits per heavy atom. The lowest BCUT2D eigenvalue weighted by Crippen LogP contribution is -2.15. The lowest BCUT2D eigenvalue weighted by atomic mass is 10.1. The van der Waals surface area contributed by atoms with Gasteiger partial charge in [0.2, 0.25) is 0 Å². The first-order valence-electron chi connectivity index (χ1n) is 16.6. The predicted octanol–water partition coefficient (Wildman–Crippen LogP) is 4.48. The van der Waals surface area contributed by atoms with Crippen molar-refractivity contribution in [2.45, 2.75) is 72.1 Å². The van der Waals surface area contributed by atoms with Crippen molar-refractivity contribution in [3.8, 4) is 0 Å². The molecule has 0 bridgehead atoms. The van der Waals surface area contributed by atoms with Crippen LogP contribution in [0.1, 0.15) is 72.1 Å². The summed E-state index contributed by atoms with van der Waals surface area (Å²) in [6, 6.07) is 0. The summed E-state index contributed by atoms with van der Waals surface area (Å²) in [6.45, 7) is 16.4. The quantitative estimate of drug-likeness (QED) is 0.0721. The van der Waals surface area contributed by atoms with Crippen molar-refractivity contribution in [2.24, 2.45) is 5.92 Å². The van der Waals surface area contributed by atoms with Crippen LogP contribution in [0, 0.1) is 5.92 Å². The van der Waals surface area contributed by atoms with E-state index in [0.29, 0.717) is 131 Å². The van der Waals surface area contributed by atoms with E-state index in [2.05, 4.69) is 20.8 Å². The fourth-order valence-electron chi connectivity index (χ4n) is 3.50. The van der Waals surface area contributed by atoms with Gasteiger partial charge in [-0.1, -0.05) is 59.3 Å². The number of hydrogen-bond acceptors (Lipinski definition) is 11. The minimum atomic E-state index is -0.140. The molecule has 11 nitrogen and oxygen atoms in total. The van der Waals surface area contributed by atoms with Crippen LogP contribution in [-0.2, 0) is 52.2 Å². The first-order chi connectivity index (χ1) is 21.2. The van der Waals surface area contributed by atoms with Crippen molar-refractivity contribution in [2.75, 3.05) is 126 Å². The molecule has 0 aromatic heterocycles. The van der Waals surface area contributed by atoms with E-state index < -0.39 is 0 Å². The minimum Gasteiger partial charge on any atom is -0.463 e. The summed E-state index contributed by atoms with van der Waals surface area (Å²) in [5, 5.41) is 0. The van der Waals surface area contributed by atoms with Gasteiger partial charge in [-0.05, 0) is 12.3 Å². The van der Waals surface area contributed by atoms with Crippen LogP contribution in [0.3, 0.4) is 0 Å². The van der Waals surface area contributed by atoms with E-state index in [1.165, 1.54) is 25.7 Å². The Morgan fingerprint density at radius 1 is 0.442 bits per heavy atom. The average Bonchev–Trinajstić information content (AvgIpc) is 3.01. The molecule has 1 unspecified atom stereocenters. The second-order valence-electron chi connectivity index (χ2n) is 10.2. The molecule has 0 radical (unpaired) electrons. The third-order valence-electron chi connectivity index (χ3n) is 6.30. The molecule has 0 heterocycles. The van der Waals surface area contributed by atoms with Crippen molar-refractivity contribution < 1.29 is 52.2 Å². The Balaban J connectivity index is 3.10. The number of carbonyl (C=O) groups is 1. The lowest BCUT2D eigenvalue weighted by molar-refractivity contribution is -0.145. The zero-order valence-electron chi connectivity index (χ0n) is 27.7. The van der Waals surface area contributed by atoms with Gasteiger partial charge in [-0.15, -0.1) is 0 Å². The fourth-order valence-corrected chi connectivity index (χ4v) is 3.50. The number of ether oxygens (including phenoxy) is 10. The molecule has 0 aliphatic carbocycles. The average molecular weight is 625 g/mol. The molecule has 43 heavy (non-hydrogen) atoms. The molecule has 0 aromatic carbocycles. The minimum absolute atomic E-state index is 0.140. The monoisotopic (exact) mass is 624 g/mol. The molecule has 1 atom stereocenters. The summed E-state index contributed by atoms with van der Waals surface area (Å²) in [6.07, 6.45) is 8.58. The van der Waals surface area contributed by atoms with E-state index in [4.69, 9.17) is 47.4 Å². The summed E-state index contributed by atoms with van der Waals surface area (Å²) >= 11 is 0. The number of rotatable bonds is 37. The maximum Gasteiger partial charge on any atom is 0.305 e. The molecule has 0 aliphatic rings. The largest absolute Gasteiger partial charge is 0.463 e. The van der Waals surface area contributed by atoms with E-state index >= 15 is 0 Å². The van der Waals surface area contributed by atoms with Gasteiger partial charge < -0.3 is 47.4 Å². The van der Waals surface area contributed by atoms with Crippen molar-refractivity contribution in [3.05, 3.63) is 0 Å². The molecule has 0 N–H and O–H groups in total. The van der Waals surface area contributed by atoms with Crippen molar-refractivity contribution in [1.82, 2.24) is 0 Å². The standard InChI is InChI=1S/C32H64O11/c1-4-6-7-8-9-10-11-32(33)43-29-28-41-25-24-39-21-20-37-17-16-35-13-12-34-14-15-36-18-19-38-22-23-40-26-27-42-30-31(3)5-2/h31H,4-30H2,1-3H3. The molecule has 0 spiro atoms. The highest BCUT2D eigenvalue weighted by Gasteiger charge is 2.03. The third kappa shape index (κ3) is 37.2. The summed E-state index contributed by atoms with van der Waals surface area (Å²) in [7, 11) is 0. The molecule has 0 saturated heterocycles. The molecule has 258 valence electrons. The van der Waals surface area contributed by atoms with E-state index in [0.717, 1.165) is 25.9 Å². The van der Waals surface area contributed by atoms with Crippen LogP contribution in [-0.4, -0.2) is 132 Å². The summed E-state index contributed by atoms with van der Waals surface area (Å²) in [4.78, 5) is 11.6. The van der Waals surface area contributed by atoms with Gasteiger partial charge in [0.05, 0.1) is 112 Å². The first-order valence-corrected chi connectivity index (χ1v) is 16.6. The maximum atomic E-state index is 11.6. The van der Waals surface area contributed by atoms with Crippen molar-refractivity contribution in [3.63, 3.8) is 0 Å². The van der Waals surface area contributed by atoms with Crippen molar-refractivity contribution >= 4 is 5.97 Å². The first kappa shape index (κ1) is 42.1. The van der Waals surface area contributed by atoms with Crippen LogP contribution in [0.4, 0.5) is 0 Å². The van der Waals surface area contributed by atoms with E-state index in [-0.39, 0.29) is 5.97 Å². The van der Waals surface area contributed by atoms with Crippen LogP contribution in [0.5, 0.6) is 0 Å². The van der Waals surface area contributed by atoms with Crippen LogP contribution in [0.2, 0.25) is 0 Å². The zero-order valence-corrected chi connectivity index (χ0v) is 27.7. The topological polar surface area (TPSA) is 109 Å². The Morgan fingerprint density at radius 2 is 0.767 bits per heavy atom. The summed E-state index contributed by atoms with van der Waals surface area (Å²) in [5.41, 5.74) is 0. The zero-order chi connectivity index (χ0) is 31.3. The fraction of sp³-hybridized carbons (Fsp3) is 0.969. The number of hydrogen-bond donors (Lipinski definition) is 0. The molecule has 0 fully saturated rings. The van der Waals surface area contributed by atoms with Gasteiger partial charge in [-0.2, -0.15) is 0 Å². The maximum absolute atomic E-state index is 11.6. The van der Waals surface area contributed by atoms with Gasteiger partial charge in [0.25, 0.3) is 0 Å². The van der Waals surface area contributed by atoms with E-state index in [1.54, 1.807) is 0 Å². The van der Waals surface area contributed by atoms with Gasteiger partial charge in [-0.25, -0.2) is 0 Å². The van der Waals surface area contributed by atoms with Gasteiger partial charge >= 0.3 is 5.97 Å². The highest BCUT2D eigenvalue weighted by Crippen LogP contribution is 2.07. The van der Waals surface area contributed by atoms with Gasteiger partial charge in [-0.3, -0.25) is 4.79 Å². The van der Waals surface area contributed by atoms with E-state index in [1.807, 2.05) is 0 Å². The van der Waals surface area contributed by atoms with Crippen LogP contribution in [0.15, 0.2) is 0 Å². The SMILES string of the molecule is CCCCCCCCC(=O)OCCOCCOCCOCCOCCOCCOCCOCCOCCOCC(C)CC. The molecular formula is C32H64O11. The summed E-state index contributed by atoms with van der Waals surface area (Å²) < 4.78 is 54.4. The lowest BCUT2D eigenvalue weighted by Gasteiger charge is -2.10. The van der Waals surface area contributed by atoms with Crippen LogP contribution < -0.4 is 0 Å². The Labute approximate surface area is 261 Å². The normalized spacial score (nSPS) is 12.2. The Bertz CT molecular complexity index is 539. The van der Waals surface area contributed by atoms with Crippen molar-refractivity contribution in [1.29, 1.82) is 0 Å². The van der Waals surface area contributed by atoms with Gasteiger partial charge in [0.15, 0.2) is 0 Å². The molecule has 0 aromatic rings. The smallest absolute Gasteiger partial charge is 0.305 e. The highest BCUT2D eigenvalue weighted by molar-refractivity contribution is 5.69. The van der Waals surface area contributed by atoms with Gasteiger partial charge in [0, 0.05) is 13.0 Å². The molecule has 0 amide bonds. The summed E-state index contributed by atoms with van der Waals surface area (Å²) in [5.74, 6) is 0.457. The third-order valence-corrected chi connectivity index (χ3v) is 6.30. The molecule has 0 aliphatic heterocycles. The second kappa shape index (κ2) is 37.3. The molecular weight excluding hydrogens is 560 g/mol. The Kier molecular flexibility index (Phi) is 36.5. The number of esters is 1. The number of unbranched alkanes of at least 4 members (excludes halogenated alkanes) is 5. The molecule has 0 rings (SSSR count). The Hall–Kier alpha value is -0.890. The highest BCUT2D eigenvalue weighted by atomic mass is 16.6. The molecule has 11 heteroatoms. The number of carbonyl (C=O) groups excluding carboxylic acids is 1. The second-order valence-corrected chi connectivity index (χ2v) is 10.2. The van der Waals surface area contributed by atoms with Crippen LogP contribution >= 0.6 is 0 Å². The predicted molar refractivity (Wildman–Crippen MR) is 166 cm³/mol. The van der Waals surface area contributed by atoms with E-state index in [9.17, 15) is 4.79 Å². The van der Waals surface area contributed by atoms with Crippen LogP contribution in [0.25, 0.3) is 0 Å².